The summed E-state index contributed by atoms with van der Waals surface area (Å²) in [6.45, 7) is 3.23. The van der Waals surface area contributed by atoms with Gasteiger partial charge in [-0.25, -0.2) is 0 Å². The summed E-state index contributed by atoms with van der Waals surface area (Å²) >= 11 is 0. The molecule has 150 valence electrons. The highest BCUT2D eigenvalue weighted by Crippen LogP contribution is 2.63. The Morgan fingerprint density at radius 2 is 2.04 bits per heavy atom. The van der Waals surface area contributed by atoms with Gasteiger partial charge in [-0.15, -0.1) is 0 Å². The Bertz CT molecular complexity index is 811. The standard InChI is InChI=1S/C21H25NO2.C2H4O2/c1-2-20-9-7-17-16-6-4-15(23)13-14(16)3-5-18(17)19(20)8-10-21(20,24)11-12-22;1-2(3)4/h7,9,13,18-19,24H,2-6,8,10-11H2,1H3;1H3,(H,3,4)/t18-,19+,20+,21-;/m1./s1. The van der Waals surface area contributed by atoms with Crippen LogP contribution in [0.25, 0.3) is 0 Å². The van der Waals surface area contributed by atoms with Gasteiger partial charge in [0, 0.05) is 18.8 Å². The minimum atomic E-state index is -0.882. The molecule has 0 amide bonds. The predicted molar refractivity (Wildman–Crippen MR) is 105 cm³/mol. The summed E-state index contributed by atoms with van der Waals surface area (Å²) in [5.41, 5.74) is 2.91. The van der Waals surface area contributed by atoms with Crippen molar-refractivity contribution in [3.8, 4) is 6.07 Å². The number of aliphatic hydroxyl groups is 1. The molecule has 0 aromatic heterocycles. The van der Waals surface area contributed by atoms with Gasteiger partial charge in [-0.1, -0.05) is 19.1 Å². The van der Waals surface area contributed by atoms with Crippen molar-refractivity contribution in [2.75, 3.05) is 0 Å². The Morgan fingerprint density at radius 1 is 1.32 bits per heavy atom. The third-order valence-corrected chi connectivity index (χ3v) is 7.22. The first-order chi connectivity index (χ1) is 13.3. The maximum Gasteiger partial charge on any atom is 0.300 e. The van der Waals surface area contributed by atoms with Crippen LogP contribution in [0.15, 0.2) is 34.9 Å². The Morgan fingerprint density at radius 3 is 2.68 bits per heavy atom. The highest BCUT2D eigenvalue weighted by Gasteiger charge is 2.60. The number of hydrogen-bond donors (Lipinski definition) is 2. The molecule has 4 aliphatic rings. The number of carboxylic acid groups (broad SMARTS) is 1. The molecule has 0 aliphatic heterocycles. The molecule has 5 heteroatoms. The lowest BCUT2D eigenvalue weighted by molar-refractivity contribution is -0.134. The smallest absolute Gasteiger partial charge is 0.300 e. The van der Waals surface area contributed by atoms with Gasteiger partial charge in [0.15, 0.2) is 5.78 Å². The van der Waals surface area contributed by atoms with Crippen LogP contribution in [0.4, 0.5) is 0 Å². The van der Waals surface area contributed by atoms with Crippen LogP contribution in [0, 0.1) is 28.6 Å². The normalized spacial score (nSPS) is 35.6. The van der Waals surface area contributed by atoms with Crippen LogP contribution in [0.5, 0.6) is 0 Å². The molecular formula is C23H29NO4. The third-order valence-electron chi connectivity index (χ3n) is 7.22. The molecule has 4 aliphatic carbocycles. The molecule has 1 saturated carbocycles. The fourth-order valence-corrected chi connectivity index (χ4v) is 6.05. The molecule has 0 unspecified atom stereocenters. The van der Waals surface area contributed by atoms with Crippen LogP contribution in [0.3, 0.4) is 0 Å². The first kappa shape index (κ1) is 20.5. The molecule has 0 spiro atoms. The third kappa shape index (κ3) is 3.24. The number of nitrogens with zero attached hydrogens (tertiary/aromatic N) is 1. The molecular weight excluding hydrogens is 354 g/mol. The van der Waals surface area contributed by atoms with E-state index in [9.17, 15) is 15.2 Å². The summed E-state index contributed by atoms with van der Waals surface area (Å²) in [4.78, 5) is 20.7. The summed E-state index contributed by atoms with van der Waals surface area (Å²) in [7, 11) is 0. The predicted octanol–water partition coefficient (Wildman–Crippen LogP) is 4.09. The monoisotopic (exact) mass is 383 g/mol. The van der Waals surface area contributed by atoms with Gasteiger partial charge in [0.2, 0.25) is 0 Å². The van der Waals surface area contributed by atoms with Crippen LogP contribution < -0.4 is 0 Å². The highest BCUT2D eigenvalue weighted by molar-refractivity contribution is 5.93. The van der Waals surface area contributed by atoms with Crippen molar-refractivity contribution < 1.29 is 19.8 Å². The molecule has 5 nitrogen and oxygen atoms in total. The Balaban J connectivity index is 0.000000516. The van der Waals surface area contributed by atoms with E-state index < -0.39 is 11.6 Å². The number of fused-ring (bicyclic) bond motifs is 4. The molecule has 0 radical (unpaired) electrons. The van der Waals surface area contributed by atoms with Crippen LogP contribution >= 0.6 is 0 Å². The minimum Gasteiger partial charge on any atom is -0.481 e. The SMILES string of the molecule is CC(=O)O.CC[C@]12C=CC3=C4CCC(=O)C=C4CC[C@H]3[C@@H]1CC[C@@]2(O)CC#N. The van der Waals surface area contributed by atoms with Crippen molar-refractivity contribution in [3.05, 3.63) is 34.9 Å². The largest absolute Gasteiger partial charge is 0.481 e. The fraction of sp³-hybridized carbons (Fsp3) is 0.609. The number of carbonyl (C=O) groups is 2. The van der Waals surface area contributed by atoms with Crippen LogP contribution in [0.2, 0.25) is 0 Å². The second-order valence-corrected chi connectivity index (χ2v) is 8.47. The lowest BCUT2D eigenvalue weighted by atomic mass is 9.56. The first-order valence-electron chi connectivity index (χ1n) is 10.2. The molecule has 0 aromatic rings. The van der Waals surface area contributed by atoms with E-state index in [-0.39, 0.29) is 17.6 Å². The van der Waals surface area contributed by atoms with Crippen LogP contribution in [0.1, 0.15) is 65.2 Å². The summed E-state index contributed by atoms with van der Waals surface area (Å²) in [6, 6.07) is 2.22. The summed E-state index contributed by atoms with van der Waals surface area (Å²) in [5.74, 6) is 0.329. The number of carboxylic acids is 1. The van der Waals surface area contributed by atoms with Crippen molar-refractivity contribution >= 4 is 11.8 Å². The van der Waals surface area contributed by atoms with Gasteiger partial charge < -0.3 is 10.2 Å². The maximum absolute atomic E-state index is 11.7. The van der Waals surface area contributed by atoms with Gasteiger partial charge in [0.1, 0.15) is 0 Å². The van der Waals surface area contributed by atoms with E-state index in [1.807, 2.05) is 6.08 Å². The molecule has 1 fully saturated rings. The number of rotatable bonds is 2. The molecule has 0 aromatic carbocycles. The van der Waals surface area contributed by atoms with E-state index in [0.717, 1.165) is 45.4 Å². The molecule has 0 heterocycles. The van der Waals surface area contributed by atoms with Crippen molar-refractivity contribution in [2.45, 2.75) is 70.8 Å². The second kappa shape index (κ2) is 7.67. The van der Waals surface area contributed by atoms with Crippen molar-refractivity contribution in [3.63, 3.8) is 0 Å². The molecule has 4 atom stereocenters. The van der Waals surface area contributed by atoms with Crippen molar-refractivity contribution in [1.82, 2.24) is 0 Å². The lowest BCUT2D eigenvalue weighted by Gasteiger charge is -2.49. The molecule has 28 heavy (non-hydrogen) atoms. The number of hydrogen-bond acceptors (Lipinski definition) is 4. The summed E-state index contributed by atoms with van der Waals surface area (Å²) < 4.78 is 0. The Kier molecular flexibility index (Phi) is 5.63. The van der Waals surface area contributed by atoms with E-state index in [0.29, 0.717) is 18.3 Å². The maximum atomic E-state index is 11.7. The molecule has 2 N–H and O–H groups in total. The average Bonchev–Trinajstić information content (AvgIpc) is 2.94. The van der Waals surface area contributed by atoms with Gasteiger partial charge >= 0.3 is 0 Å². The molecule has 4 rings (SSSR count). The minimum absolute atomic E-state index is 0.222. The zero-order valence-corrected chi connectivity index (χ0v) is 16.7. The zero-order chi connectivity index (χ0) is 20.5. The number of carbonyl (C=O) groups excluding carboxylic acids is 1. The molecule has 0 saturated heterocycles. The van der Waals surface area contributed by atoms with E-state index in [4.69, 9.17) is 9.90 Å². The topological polar surface area (TPSA) is 98.4 Å². The van der Waals surface area contributed by atoms with E-state index in [2.05, 4.69) is 25.1 Å². The molecule has 0 bridgehead atoms. The van der Waals surface area contributed by atoms with E-state index in [1.165, 1.54) is 16.7 Å². The van der Waals surface area contributed by atoms with Crippen LogP contribution in [-0.2, 0) is 9.59 Å². The fourth-order valence-electron chi connectivity index (χ4n) is 6.05. The number of nitriles is 1. The Labute approximate surface area is 166 Å². The van der Waals surface area contributed by atoms with Gasteiger partial charge in [-0.05, 0) is 73.2 Å². The number of allylic oxidation sites excluding steroid dienone is 5. The van der Waals surface area contributed by atoms with Gasteiger partial charge in [0.25, 0.3) is 5.97 Å². The zero-order valence-electron chi connectivity index (χ0n) is 16.7. The first-order valence-corrected chi connectivity index (χ1v) is 10.2. The number of aliphatic carboxylic acids is 1. The second-order valence-electron chi connectivity index (χ2n) is 8.47. The van der Waals surface area contributed by atoms with Gasteiger partial charge in [-0.3, -0.25) is 9.59 Å². The van der Waals surface area contributed by atoms with Crippen LogP contribution in [-0.4, -0.2) is 27.6 Å². The Hall–Kier alpha value is -2.19. The van der Waals surface area contributed by atoms with E-state index >= 15 is 0 Å². The van der Waals surface area contributed by atoms with Gasteiger partial charge in [-0.2, -0.15) is 5.26 Å². The summed E-state index contributed by atoms with van der Waals surface area (Å²) in [6.07, 6.45) is 12.7. The quantitative estimate of drug-likeness (QED) is 0.748. The van der Waals surface area contributed by atoms with Crippen molar-refractivity contribution in [2.24, 2.45) is 17.3 Å². The average molecular weight is 383 g/mol. The van der Waals surface area contributed by atoms with E-state index in [1.54, 1.807) is 0 Å². The van der Waals surface area contributed by atoms with Crippen molar-refractivity contribution in [1.29, 1.82) is 5.26 Å². The lowest BCUT2D eigenvalue weighted by Crippen LogP contribution is -2.49. The number of ketones is 1. The van der Waals surface area contributed by atoms with Gasteiger partial charge in [0.05, 0.1) is 18.1 Å². The summed E-state index contributed by atoms with van der Waals surface area (Å²) in [5, 5.41) is 27.9. The highest BCUT2D eigenvalue weighted by atomic mass is 16.4.